The van der Waals surface area contributed by atoms with Crippen LogP contribution < -0.4 is 5.32 Å². The molecule has 126 valence electrons. The van der Waals surface area contributed by atoms with Gasteiger partial charge < -0.3 is 10.2 Å². The molecule has 24 heavy (non-hydrogen) atoms. The van der Waals surface area contributed by atoms with Crippen LogP contribution in [0, 0.1) is 0 Å². The fraction of sp³-hybridized carbons (Fsp3) is 0.300. The predicted molar refractivity (Wildman–Crippen MR) is 95.9 cm³/mol. The van der Waals surface area contributed by atoms with Gasteiger partial charge in [0, 0.05) is 24.9 Å². The van der Waals surface area contributed by atoms with Crippen LogP contribution in [0.15, 0.2) is 60.7 Å². The molecular weight excluding hydrogens is 300 g/mol. The SMILES string of the molecule is CN(C)C[C@@H](NC(=O)CCC(=O)c1ccccc1)c1ccccc1. The minimum absolute atomic E-state index is 0.00498. The highest BCUT2D eigenvalue weighted by Gasteiger charge is 2.16. The van der Waals surface area contributed by atoms with Crippen LogP contribution in [0.4, 0.5) is 0 Å². The summed E-state index contributed by atoms with van der Waals surface area (Å²) in [6, 6.07) is 18.9. The van der Waals surface area contributed by atoms with E-state index in [0.717, 1.165) is 5.56 Å². The molecule has 0 bridgehead atoms. The average Bonchev–Trinajstić information content (AvgIpc) is 2.60. The molecule has 1 N–H and O–H groups in total. The number of hydrogen-bond donors (Lipinski definition) is 1. The Bertz CT molecular complexity index is 654. The third kappa shape index (κ3) is 5.63. The van der Waals surface area contributed by atoms with Gasteiger partial charge >= 0.3 is 0 Å². The van der Waals surface area contributed by atoms with E-state index in [-0.39, 0.29) is 30.6 Å². The van der Waals surface area contributed by atoms with Crippen LogP contribution in [0.25, 0.3) is 0 Å². The monoisotopic (exact) mass is 324 g/mol. The summed E-state index contributed by atoms with van der Waals surface area (Å²) in [6.07, 6.45) is 0.420. The minimum atomic E-state index is -0.102. The van der Waals surface area contributed by atoms with Gasteiger partial charge in [0.25, 0.3) is 0 Å². The van der Waals surface area contributed by atoms with E-state index in [1.807, 2.05) is 67.5 Å². The lowest BCUT2D eigenvalue weighted by Crippen LogP contribution is -2.35. The number of nitrogens with one attached hydrogen (secondary N) is 1. The Morgan fingerprint density at radius 3 is 2.08 bits per heavy atom. The van der Waals surface area contributed by atoms with Crippen LogP contribution >= 0.6 is 0 Å². The third-order valence-electron chi connectivity index (χ3n) is 3.76. The summed E-state index contributed by atoms with van der Waals surface area (Å²) in [5.74, 6) is -0.107. The van der Waals surface area contributed by atoms with Gasteiger partial charge in [-0.05, 0) is 19.7 Å². The standard InChI is InChI=1S/C20H24N2O2/c1-22(2)15-18(16-9-5-3-6-10-16)21-20(24)14-13-19(23)17-11-7-4-8-12-17/h3-12,18H,13-15H2,1-2H3,(H,21,24)/t18-/m1/s1. The van der Waals surface area contributed by atoms with Crippen LogP contribution in [0.1, 0.15) is 34.8 Å². The lowest BCUT2D eigenvalue weighted by atomic mass is 10.0. The maximum Gasteiger partial charge on any atom is 0.220 e. The van der Waals surface area contributed by atoms with Crippen molar-refractivity contribution < 1.29 is 9.59 Å². The Kier molecular flexibility index (Phi) is 6.70. The summed E-state index contributed by atoms with van der Waals surface area (Å²) in [5, 5.41) is 3.04. The van der Waals surface area contributed by atoms with Gasteiger partial charge in [-0.3, -0.25) is 9.59 Å². The number of benzene rings is 2. The normalized spacial score (nSPS) is 12.0. The highest BCUT2D eigenvalue weighted by molar-refractivity contribution is 5.97. The zero-order valence-corrected chi connectivity index (χ0v) is 14.2. The first kappa shape index (κ1) is 17.9. The molecule has 0 unspecified atom stereocenters. The number of carbonyl (C=O) groups excluding carboxylic acids is 2. The predicted octanol–water partition coefficient (Wildman–Crippen LogP) is 3.07. The summed E-state index contributed by atoms with van der Waals surface area (Å²) >= 11 is 0. The Balaban J connectivity index is 1.92. The highest BCUT2D eigenvalue weighted by atomic mass is 16.2. The number of ketones is 1. The quantitative estimate of drug-likeness (QED) is 0.759. The van der Waals surface area contributed by atoms with Crippen molar-refractivity contribution in [2.45, 2.75) is 18.9 Å². The molecule has 2 rings (SSSR count). The van der Waals surface area contributed by atoms with Crippen LogP contribution in [-0.2, 0) is 4.79 Å². The van der Waals surface area contributed by atoms with Crippen LogP contribution in [0.5, 0.6) is 0 Å². The fourth-order valence-electron chi connectivity index (χ4n) is 2.55. The van der Waals surface area contributed by atoms with Gasteiger partial charge in [0.05, 0.1) is 6.04 Å². The first-order valence-corrected chi connectivity index (χ1v) is 8.13. The molecule has 1 atom stereocenters. The average molecular weight is 324 g/mol. The van der Waals surface area contributed by atoms with Gasteiger partial charge in [0.15, 0.2) is 5.78 Å². The van der Waals surface area contributed by atoms with Gasteiger partial charge in [-0.2, -0.15) is 0 Å². The maximum atomic E-state index is 12.3. The summed E-state index contributed by atoms with van der Waals surface area (Å²) in [7, 11) is 3.95. The Morgan fingerprint density at radius 2 is 1.50 bits per heavy atom. The maximum absolute atomic E-state index is 12.3. The number of rotatable bonds is 8. The molecule has 0 aromatic heterocycles. The van der Waals surface area contributed by atoms with Crippen molar-refractivity contribution in [2.75, 3.05) is 20.6 Å². The number of nitrogens with zero attached hydrogens (tertiary/aromatic N) is 1. The Morgan fingerprint density at radius 1 is 0.917 bits per heavy atom. The molecule has 0 spiro atoms. The highest BCUT2D eigenvalue weighted by Crippen LogP contribution is 2.14. The van der Waals surface area contributed by atoms with E-state index in [1.54, 1.807) is 12.1 Å². The minimum Gasteiger partial charge on any atom is -0.348 e. The van der Waals surface area contributed by atoms with E-state index in [9.17, 15) is 9.59 Å². The zero-order valence-electron chi connectivity index (χ0n) is 14.2. The molecule has 0 saturated carbocycles. The zero-order chi connectivity index (χ0) is 17.4. The number of hydrogen-bond acceptors (Lipinski definition) is 3. The second-order valence-electron chi connectivity index (χ2n) is 6.08. The Hall–Kier alpha value is -2.46. The lowest BCUT2D eigenvalue weighted by molar-refractivity contribution is -0.121. The van der Waals surface area contributed by atoms with E-state index < -0.39 is 0 Å². The molecule has 4 nitrogen and oxygen atoms in total. The van der Waals surface area contributed by atoms with Crippen molar-refractivity contribution in [1.29, 1.82) is 0 Å². The molecule has 0 aliphatic heterocycles. The molecule has 0 aliphatic carbocycles. The molecule has 0 fully saturated rings. The van der Waals surface area contributed by atoms with E-state index in [2.05, 4.69) is 5.32 Å². The number of amides is 1. The second kappa shape index (κ2) is 8.99. The van der Waals surface area contributed by atoms with Crippen molar-refractivity contribution in [3.05, 3.63) is 71.8 Å². The summed E-state index contributed by atoms with van der Waals surface area (Å²) in [4.78, 5) is 26.4. The molecule has 0 radical (unpaired) electrons. The van der Waals surface area contributed by atoms with E-state index in [0.29, 0.717) is 12.1 Å². The van der Waals surface area contributed by atoms with Crippen molar-refractivity contribution >= 4 is 11.7 Å². The van der Waals surface area contributed by atoms with Gasteiger partial charge in [0.2, 0.25) is 5.91 Å². The third-order valence-corrected chi connectivity index (χ3v) is 3.76. The topological polar surface area (TPSA) is 49.4 Å². The van der Waals surface area contributed by atoms with Crippen molar-refractivity contribution in [3.63, 3.8) is 0 Å². The van der Waals surface area contributed by atoms with Gasteiger partial charge in [-0.1, -0.05) is 60.7 Å². The summed E-state index contributed by atoms with van der Waals surface area (Å²) < 4.78 is 0. The molecule has 1 amide bonds. The second-order valence-corrected chi connectivity index (χ2v) is 6.08. The van der Waals surface area contributed by atoms with E-state index >= 15 is 0 Å². The van der Waals surface area contributed by atoms with Crippen molar-refractivity contribution in [2.24, 2.45) is 0 Å². The van der Waals surface area contributed by atoms with Crippen LogP contribution in [0.3, 0.4) is 0 Å². The van der Waals surface area contributed by atoms with Crippen LogP contribution in [0.2, 0.25) is 0 Å². The van der Waals surface area contributed by atoms with Gasteiger partial charge in [-0.15, -0.1) is 0 Å². The van der Waals surface area contributed by atoms with Gasteiger partial charge in [-0.25, -0.2) is 0 Å². The first-order chi connectivity index (χ1) is 11.6. The largest absolute Gasteiger partial charge is 0.348 e. The molecule has 2 aromatic rings. The lowest BCUT2D eigenvalue weighted by Gasteiger charge is -2.23. The molecule has 0 heterocycles. The summed E-state index contributed by atoms with van der Waals surface area (Å²) in [6.45, 7) is 0.711. The van der Waals surface area contributed by atoms with Crippen molar-refractivity contribution in [1.82, 2.24) is 10.2 Å². The van der Waals surface area contributed by atoms with Gasteiger partial charge in [0.1, 0.15) is 0 Å². The number of likely N-dealkylation sites (N-methyl/N-ethyl adjacent to an activating group) is 1. The Labute approximate surface area is 143 Å². The van der Waals surface area contributed by atoms with E-state index in [1.165, 1.54) is 0 Å². The smallest absolute Gasteiger partial charge is 0.220 e. The fourth-order valence-corrected chi connectivity index (χ4v) is 2.55. The molecule has 2 aromatic carbocycles. The first-order valence-electron chi connectivity index (χ1n) is 8.13. The van der Waals surface area contributed by atoms with E-state index in [4.69, 9.17) is 0 Å². The number of Topliss-reactive ketones (excluding diaryl/α,β-unsaturated/α-hetero) is 1. The summed E-state index contributed by atoms with van der Waals surface area (Å²) in [5.41, 5.74) is 1.71. The molecule has 4 heteroatoms. The number of carbonyl (C=O) groups is 2. The molecule has 0 aliphatic rings. The molecule has 0 saturated heterocycles. The van der Waals surface area contributed by atoms with Crippen molar-refractivity contribution in [3.8, 4) is 0 Å². The molecular formula is C20H24N2O2. The van der Waals surface area contributed by atoms with Crippen LogP contribution in [-0.4, -0.2) is 37.2 Å².